The van der Waals surface area contributed by atoms with Gasteiger partial charge < -0.3 is 5.11 Å². The van der Waals surface area contributed by atoms with Gasteiger partial charge in [-0.3, -0.25) is 20.0 Å². The molecule has 0 saturated carbocycles. The maximum atomic E-state index is 13.1. The van der Waals surface area contributed by atoms with Gasteiger partial charge in [0, 0.05) is 11.4 Å². The Morgan fingerprint density at radius 1 is 1.03 bits per heavy atom. The number of carbonyl (C=O) groups is 1. The van der Waals surface area contributed by atoms with Crippen LogP contribution in [0.4, 0.5) is 16.4 Å². The summed E-state index contributed by atoms with van der Waals surface area (Å²) in [5, 5.41) is 21.8. The number of phenolic OH excluding ortho intramolecular Hbond substituents is 1. The van der Waals surface area contributed by atoms with Gasteiger partial charge in [0.05, 0.1) is 12.1 Å². The number of aromatic hydroxyl groups is 1. The minimum atomic E-state index is -0.238. The van der Waals surface area contributed by atoms with Gasteiger partial charge in [0.25, 0.3) is 0 Å². The lowest BCUT2D eigenvalue weighted by Gasteiger charge is -2.31. The molecule has 1 atom stereocenters. The van der Waals surface area contributed by atoms with Crippen LogP contribution in [0.5, 0.6) is 5.75 Å². The number of carbonyl (C=O) groups excluding carboxylic acids is 1. The van der Waals surface area contributed by atoms with Crippen molar-refractivity contribution in [1.29, 1.82) is 5.41 Å². The minimum absolute atomic E-state index is 0. The lowest BCUT2D eigenvalue weighted by atomic mass is 9.78. The third kappa shape index (κ3) is 5.43. The number of hydrogen-bond donors (Lipinski definition) is 2. The van der Waals surface area contributed by atoms with E-state index in [1.54, 1.807) is 23.1 Å². The second-order valence-electron chi connectivity index (χ2n) is 10.9. The first-order chi connectivity index (χ1) is 16.4. The van der Waals surface area contributed by atoms with Crippen LogP contribution in [0.3, 0.4) is 0 Å². The highest BCUT2D eigenvalue weighted by atomic mass is 35.5. The zero-order chi connectivity index (χ0) is 25.5. The lowest BCUT2D eigenvalue weighted by Crippen LogP contribution is -2.28. The second kappa shape index (κ2) is 10.5. The molecule has 0 bridgehead atoms. The summed E-state index contributed by atoms with van der Waals surface area (Å²) in [5.41, 5.74) is 4.04. The number of thiophene rings is 1. The minimum Gasteiger partial charge on any atom is -0.507 e. The molecule has 4 rings (SSSR count). The Balaban J connectivity index is 0.00000361. The first-order valence-corrected chi connectivity index (χ1v) is 13.6. The number of amides is 1. The zero-order valence-corrected chi connectivity index (χ0v) is 24.0. The fraction of sp³-hybridized carbons (Fsp3) is 0.357. The van der Waals surface area contributed by atoms with Crippen molar-refractivity contribution < 1.29 is 9.90 Å². The van der Waals surface area contributed by atoms with Crippen LogP contribution in [0, 0.1) is 5.41 Å². The molecule has 2 heterocycles. The molecule has 8 heteroatoms. The summed E-state index contributed by atoms with van der Waals surface area (Å²) in [5.74, 6) is 0.821. The molecule has 1 amide bonds. The predicted molar refractivity (Wildman–Crippen MR) is 157 cm³/mol. The van der Waals surface area contributed by atoms with E-state index in [0.29, 0.717) is 11.5 Å². The number of anilines is 3. The van der Waals surface area contributed by atoms with Gasteiger partial charge >= 0.3 is 0 Å². The molecule has 1 saturated heterocycles. The molecule has 3 aromatic rings. The maximum Gasteiger partial charge on any atom is 0.238 e. The van der Waals surface area contributed by atoms with Gasteiger partial charge in [0.15, 0.2) is 0 Å². The van der Waals surface area contributed by atoms with E-state index in [4.69, 9.17) is 5.41 Å². The molecule has 0 aliphatic carbocycles. The summed E-state index contributed by atoms with van der Waals surface area (Å²) in [4.78, 5) is 16.7. The van der Waals surface area contributed by atoms with Crippen LogP contribution in [0.25, 0.3) is 0 Å². The molecule has 1 aromatic heterocycles. The number of hydrogen-bond acceptors (Lipinski definition) is 5. The third-order valence-electron chi connectivity index (χ3n) is 6.18. The van der Waals surface area contributed by atoms with Crippen molar-refractivity contribution in [3.05, 3.63) is 70.6 Å². The summed E-state index contributed by atoms with van der Waals surface area (Å²) in [6.07, 6.45) is 1.30. The average Bonchev–Trinajstić information content (AvgIpc) is 3.44. The number of benzene rings is 2. The number of phenols is 1. The first kappa shape index (κ1) is 28.1. The summed E-state index contributed by atoms with van der Waals surface area (Å²) < 4.78 is 0. The van der Waals surface area contributed by atoms with E-state index in [9.17, 15) is 9.90 Å². The smallest absolute Gasteiger partial charge is 0.238 e. The van der Waals surface area contributed by atoms with Crippen molar-refractivity contribution >= 4 is 64.1 Å². The summed E-state index contributed by atoms with van der Waals surface area (Å²) in [6.45, 7) is 12.6. The van der Waals surface area contributed by atoms with Crippen LogP contribution in [-0.4, -0.2) is 23.1 Å². The summed E-state index contributed by atoms with van der Waals surface area (Å²) >= 11 is 3.19. The molecule has 1 aliphatic rings. The van der Waals surface area contributed by atoms with Gasteiger partial charge in [-0.2, -0.15) is 0 Å². The molecule has 0 spiro atoms. The van der Waals surface area contributed by atoms with Crippen molar-refractivity contribution in [2.75, 3.05) is 15.6 Å². The van der Waals surface area contributed by atoms with E-state index in [1.807, 2.05) is 51.6 Å². The van der Waals surface area contributed by atoms with E-state index >= 15 is 0 Å². The second-order valence-corrected chi connectivity index (χ2v) is 12.9. The lowest BCUT2D eigenvalue weighted by molar-refractivity contribution is -0.115. The van der Waals surface area contributed by atoms with Crippen LogP contribution >= 0.6 is 35.5 Å². The fourth-order valence-corrected chi connectivity index (χ4v) is 6.22. The molecule has 1 fully saturated rings. The van der Waals surface area contributed by atoms with Crippen molar-refractivity contribution in [2.24, 2.45) is 0 Å². The molecule has 1 unspecified atom stereocenters. The summed E-state index contributed by atoms with van der Waals surface area (Å²) in [6, 6.07) is 15.9. The fourth-order valence-electron chi connectivity index (χ4n) is 4.34. The maximum absolute atomic E-state index is 13.1. The molecule has 5 nitrogen and oxygen atoms in total. The largest absolute Gasteiger partial charge is 0.507 e. The monoisotopic (exact) mass is 543 g/mol. The topological polar surface area (TPSA) is 67.6 Å². The average molecular weight is 544 g/mol. The van der Waals surface area contributed by atoms with Gasteiger partial charge in [-0.05, 0) is 81.4 Å². The first-order valence-electron chi connectivity index (χ1n) is 11.7. The Kier molecular flexibility index (Phi) is 8.18. The van der Waals surface area contributed by atoms with Gasteiger partial charge in [-0.15, -0.1) is 35.5 Å². The zero-order valence-electron chi connectivity index (χ0n) is 21.5. The molecule has 192 valence electrons. The normalized spacial score (nSPS) is 16.1. The van der Waals surface area contributed by atoms with Crippen LogP contribution in [0.1, 0.15) is 63.6 Å². The molecule has 36 heavy (non-hydrogen) atoms. The molecule has 1 aliphatic heterocycles. The van der Waals surface area contributed by atoms with E-state index in [1.165, 1.54) is 6.34 Å². The van der Waals surface area contributed by atoms with Gasteiger partial charge in [-0.25, -0.2) is 0 Å². The predicted octanol–water partition coefficient (Wildman–Crippen LogP) is 7.99. The Morgan fingerprint density at radius 2 is 1.61 bits per heavy atom. The number of halogens is 1. The van der Waals surface area contributed by atoms with E-state index < -0.39 is 0 Å². The van der Waals surface area contributed by atoms with Gasteiger partial charge in [-0.1, -0.05) is 41.5 Å². The SMILES string of the molecule is CC(C)(C)c1cc(C2SCC(=O)N2c2ccc(N(C=N)c3cccs3)cc2)cc(C(C)(C)C)c1O.Cl. The molecule has 0 radical (unpaired) electrons. The summed E-state index contributed by atoms with van der Waals surface area (Å²) in [7, 11) is 0. The Morgan fingerprint density at radius 3 is 2.08 bits per heavy atom. The molecular weight excluding hydrogens is 510 g/mol. The molecule has 2 aromatic carbocycles. The van der Waals surface area contributed by atoms with E-state index in [0.717, 1.165) is 33.1 Å². The van der Waals surface area contributed by atoms with Crippen LogP contribution in [-0.2, 0) is 15.6 Å². The standard InChI is InChI=1S/C28H33N3O2S2.ClH/c1-27(2,3)21-14-18(15-22(25(21)33)28(4,5)6)26-31(23(32)16-35-26)20-11-9-19(10-12-20)30(17-29)24-8-7-13-34-24;/h7-15,17,26,29,33H,16H2,1-6H3;1H. The van der Waals surface area contributed by atoms with Crippen LogP contribution < -0.4 is 9.80 Å². The van der Waals surface area contributed by atoms with E-state index in [2.05, 4.69) is 53.7 Å². The van der Waals surface area contributed by atoms with Crippen LogP contribution in [0.2, 0.25) is 0 Å². The Hall–Kier alpha value is -2.48. The highest BCUT2D eigenvalue weighted by Gasteiger charge is 2.36. The van der Waals surface area contributed by atoms with Crippen molar-refractivity contribution in [1.82, 2.24) is 0 Å². The third-order valence-corrected chi connectivity index (χ3v) is 8.26. The van der Waals surface area contributed by atoms with Gasteiger partial charge in [0.2, 0.25) is 5.91 Å². The van der Waals surface area contributed by atoms with E-state index in [-0.39, 0.29) is 34.5 Å². The molecular formula is C28H34ClN3O2S2. The van der Waals surface area contributed by atoms with Crippen molar-refractivity contribution in [2.45, 2.75) is 57.7 Å². The molecule has 2 N–H and O–H groups in total. The Bertz CT molecular complexity index is 1190. The van der Waals surface area contributed by atoms with Crippen molar-refractivity contribution in [3.8, 4) is 5.75 Å². The Labute approximate surface area is 228 Å². The number of rotatable bonds is 5. The van der Waals surface area contributed by atoms with Crippen molar-refractivity contribution in [3.63, 3.8) is 0 Å². The quantitative estimate of drug-likeness (QED) is 0.253. The highest BCUT2D eigenvalue weighted by Crippen LogP contribution is 2.47. The number of nitrogens with one attached hydrogen (secondary N) is 1. The number of thioether (sulfide) groups is 1. The highest BCUT2D eigenvalue weighted by molar-refractivity contribution is 8.00. The van der Waals surface area contributed by atoms with Gasteiger partial charge in [0.1, 0.15) is 16.1 Å². The number of nitrogens with zero attached hydrogens (tertiary/aromatic N) is 2. The van der Waals surface area contributed by atoms with Crippen LogP contribution in [0.15, 0.2) is 53.9 Å².